The lowest BCUT2D eigenvalue weighted by Crippen LogP contribution is -2.39. The van der Waals surface area contributed by atoms with Crippen LogP contribution in [0.2, 0.25) is 0 Å². The number of rotatable bonds is 5. The Balaban J connectivity index is 1.70. The molecule has 1 fully saturated rings. The lowest BCUT2D eigenvalue weighted by molar-refractivity contribution is 0.0241. The highest BCUT2D eigenvalue weighted by Crippen LogP contribution is 2.39. The Labute approximate surface area is 162 Å². The lowest BCUT2D eigenvalue weighted by atomic mass is 9.98. The molecule has 6 heteroatoms. The summed E-state index contributed by atoms with van der Waals surface area (Å²) in [7, 11) is 0. The van der Waals surface area contributed by atoms with E-state index in [2.05, 4.69) is 47.5 Å². The van der Waals surface area contributed by atoms with Gasteiger partial charge in [0.2, 0.25) is 0 Å². The van der Waals surface area contributed by atoms with Crippen molar-refractivity contribution in [2.45, 2.75) is 13.0 Å². The number of aryl methyl sites for hydroxylation is 1. The summed E-state index contributed by atoms with van der Waals surface area (Å²) in [6.45, 7) is 5.24. The van der Waals surface area contributed by atoms with E-state index in [1.165, 1.54) is 11.8 Å². The lowest BCUT2D eigenvalue weighted by Gasteiger charge is -2.35. The second-order valence-electron chi connectivity index (χ2n) is 6.53. The van der Waals surface area contributed by atoms with E-state index in [1.54, 1.807) is 23.5 Å². The molecule has 140 valence electrons. The summed E-state index contributed by atoms with van der Waals surface area (Å²) in [4.78, 5) is 16.1. The molecule has 1 aliphatic heterocycles. The van der Waals surface area contributed by atoms with E-state index in [0.717, 1.165) is 41.7 Å². The molecule has 1 atom stereocenters. The third kappa shape index (κ3) is 3.98. The largest absolute Gasteiger partial charge is 0.459 e. The summed E-state index contributed by atoms with van der Waals surface area (Å²) in [6, 6.07) is 16.1. The van der Waals surface area contributed by atoms with Gasteiger partial charge in [0, 0.05) is 23.5 Å². The van der Waals surface area contributed by atoms with Gasteiger partial charge in [-0.15, -0.1) is 11.3 Å². The SMILES string of the molecule is Cc1cc([C@H](c2ccccc2)N2CCOCC2)c(NC(=O)c2ccco2)s1. The Hall–Kier alpha value is -2.41. The van der Waals surface area contributed by atoms with E-state index in [1.807, 2.05) is 6.07 Å². The average molecular weight is 382 g/mol. The number of nitrogens with zero attached hydrogens (tertiary/aromatic N) is 1. The fourth-order valence-electron chi connectivity index (χ4n) is 3.47. The van der Waals surface area contributed by atoms with Crippen molar-refractivity contribution in [2.75, 3.05) is 31.6 Å². The number of furan rings is 1. The third-order valence-corrected chi connectivity index (χ3v) is 5.66. The third-order valence-electron chi connectivity index (χ3n) is 4.68. The van der Waals surface area contributed by atoms with E-state index < -0.39 is 0 Å². The molecule has 0 aliphatic carbocycles. The van der Waals surface area contributed by atoms with Crippen LogP contribution in [-0.4, -0.2) is 37.1 Å². The molecule has 0 bridgehead atoms. The van der Waals surface area contributed by atoms with Gasteiger partial charge in [0.15, 0.2) is 5.76 Å². The predicted octanol–water partition coefficient (Wildman–Crippen LogP) is 4.32. The Morgan fingerprint density at radius 2 is 1.93 bits per heavy atom. The highest BCUT2D eigenvalue weighted by atomic mass is 32.1. The zero-order chi connectivity index (χ0) is 18.6. The minimum absolute atomic E-state index is 0.0759. The molecule has 1 N–H and O–H groups in total. The molecule has 1 saturated heterocycles. The van der Waals surface area contributed by atoms with Gasteiger partial charge in [0.25, 0.3) is 5.91 Å². The summed E-state index contributed by atoms with van der Waals surface area (Å²) >= 11 is 1.60. The topological polar surface area (TPSA) is 54.7 Å². The standard InChI is InChI=1S/C21H22N2O3S/c1-15-14-17(21(27-15)22-20(24)18-8-5-11-26-18)19(16-6-3-2-4-7-16)23-9-12-25-13-10-23/h2-8,11,14,19H,9-10,12-13H2,1H3,(H,22,24)/t19-/m0/s1. The fraction of sp³-hybridized carbons (Fsp3) is 0.286. The van der Waals surface area contributed by atoms with Crippen molar-refractivity contribution in [1.82, 2.24) is 4.90 Å². The number of benzene rings is 1. The van der Waals surface area contributed by atoms with E-state index in [4.69, 9.17) is 9.15 Å². The first kappa shape index (κ1) is 18.0. The first-order valence-electron chi connectivity index (χ1n) is 9.04. The van der Waals surface area contributed by atoms with Gasteiger partial charge in [-0.25, -0.2) is 0 Å². The molecule has 1 aliphatic rings. The number of nitrogens with one attached hydrogen (secondary N) is 1. The Bertz CT molecular complexity index is 884. The van der Waals surface area contributed by atoms with E-state index >= 15 is 0 Å². The second-order valence-corrected chi connectivity index (χ2v) is 7.79. The van der Waals surface area contributed by atoms with Gasteiger partial charge in [-0.05, 0) is 30.7 Å². The molecule has 3 heterocycles. The quantitative estimate of drug-likeness (QED) is 0.714. The monoisotopic (exact) mass is 382 g/mol. The van der Waals surface area contributed by atoms with Crippen LogP contribution >= 0.6 is 11.3 Å². The van der Waals surface area contributed by atoms with Crippen molar-refractivity contribution in [3.8, 4) is 0 Å². The number of thiophene rings is 1. The smallest absolute Gasteiger partial charge is 0.291 e. The number of ether oxygens (including phenoxy) is 1. The van der Waals surface area contributed by atoms with Crippen LogP contribution in [0.1, 0.15) is 32.6 Å². The van der Waals surface area contributed by atoms with Crippen molar-refractivity contribution in [3.63, 3.8) is 0 Å². The summed E-state index contributed by atoms with van der Waals surface area (Å²) < 4.78 is 10.8. The van der Waals surface area contributed by atoms with Crippen molar-refractivity contribution in [2.24, 2.45) is 0 Å². The van der Waals surface area contributed by atoms with Crippen molar-refractivity contribution >= 4 is 22.2 Å². The van der Waals surface area contributed by atoms with Crippen LogP contribution in [0.4, 0.5) is 5.00 Å². The molecule has 27 heavy (non-hydrogen) atoms. The Morgan fingerprint density at radius 1 is 1.15 bits per heavy atom. The van der Waals surface area contributed by atoms with Crippen LogP contribution in [0, 0.1) is 6.92 Å². The zero-order valence-corrected chi connectivity index (χ0v) is 16.0. The molecule has 2 aromatic heterocycles. The van der Waals surface area contributed by atoms with Gasteiger partial charge in [-0.2, -0.15) is 0 Å². The Kier molecular flexibility index (Phi) is 5.38. The molecular formula is C21H22N2O3S. The van der Waals surface area contributed by atoms with Crippen LogP contribution in [0.25, 0.3) is 0 Å². The highest BCUT2D eigenvalue weighted by molar-refractivity contribution is 7.16. The summed E-state index contributed by atoms with van der Waals surface area (Å²) in [5.41, 5.74) is 2.33. The summed E-state index contributed by atoms with van der Waals surface area (Å²) in [5, 5.41) is 3.92. The van der Waals surface area contributed by atoms with E-state index in [9.17, 15) is 4.79 Å². The molecule has 1 amide bonds. The normalized spacial score (nSPS) is 16.2. The molecule has 0 radical (unpaired) electrons. The van der Waals surface area contributed by atoms with Gasteiger partial charge in [-0.3, -0.25) is 9.69 Å². The molecule has 1 aromatic carbocycles. The molecule has 0 spiro atoms. The molecule has 3 aromatic rings. The molecule has 4 rings (SSSR count). The molecule has 5 nitrogen and oxygen atoms in total. The number of hydrogen-bond acceptors (Lipinski definition) is 5. The maximum absolute atomic E-state index is 12.5. The number of carbonyl (C=O) groups excluding carboxylic acids is 1. The summed E-state index contributed by atoms with van der Waals surface area (Å²) in [6.07, 6.45) is 1.51. The Morgan fingerprint density at radius 3 is 2.63 bits per heavy atom. The van der Waals surface area contributed by atoms with Crippen LogP contribution < -0.4 is 5.32 Å². The minimum atomic E-state index is -0.225. The van der Waals surface area contributed by atoms with Crippen molar-refractivity contribution in [3.05, 3.63) is 76.6 Å². The van der Waals surface area contributed by atoms with Gasteiger partial charge in [-0.1, -0.05) is 30.3 Å². The summed E-state index contributed by atoms with van der Waals surface area (Å²) in [5.74, 6) is 0.0894. The predicted molar refractivity (Wildman–Crippen MR) is 106 cm³/mol. The van der Waals surface area contributed by atoms with Gasteiger partial charge >= 0.3 is 0 Å². The van der Waals surface area contributed by atoms with Crippen LogP contribution in [0.5, 0.6) is 0 Å². The van der Waals surface area contributed by atoms with Crippen LogP contribution in [-0.2, 0) is 4.74 Å². The van der Waals surface area contributed by atoms with Crippen molar-refractivity contribution < 1.29 is 13.9 Å². The number of carbonyl (C=O) groups is 1. The first-order valence-corrected chi connectivity index (χ1v) is 9.86. The number of amides is 1. The van der Waals surface area contributed by atoms with Crippen LogP contribution in [0.15, 0.2) is 59.2 Å². The highest BCUT2D eigenvalue weighted by Gasteiger charge is 2.28. The van der Waals surface area contributed by atoms with Crippen molar-refractivity contribution in [1.29, 1.82) is 0 Å². The zero-order valence-electron chi connectivity index (χ0n) is 15.2. The van der Waals surface area contributed by atoms with E-state index in [-0.39, 0.29) is 11.9 Å². The fourth-order valence-corrected chi connectivity index (χ4v) is 4.41. The maximum Gasteiger partial charge on any atom is 0.291 e. The van der Waals surface area contributed by atoms with Crippen LogP contribution in [0.3, 0.4) is 0 Å². The first-order chi connectivity index (χ1) is 13.2. The number of hydrogen-bond donors (Lipinski definition) is 1. The van der Waals surface area contributed by atoms with E-state index in [0.29, 0.717) is 5.76 Å². The number of morpholine rings is 1. The molecule has 0 saturated carbocycles. The minimum Gasteiger partial charge on any atom is -0.459 e. The average Bonchev–Trinajstić information content (AvgIpc) is 3.34. The number of anilines is 1. The second kappa shape index (κ2) is 8.08. The molecular weight excluding hydrogens is 360 g/mol. The van der Waals surface area contributed by atoms with Gasteiger partial charge in [0.05, 0.1) is 25.5 Å². The molecule has 0 unspecified atom stereocenters. The maximum atomic E-state index is 12.5. The van der Waals surface area contributed by atoms with Gasteiger partial charge < -0.3 is 14.5 Å². The van der Waals surface area contributed by atoms with Gasteiger partial charge in [0.1, 0.15) is 5.00 Å².